The average Bonchev–Trinajstić information content (AvgIpc) is 2.18. The van der Waals surface area contributed by atoms with Gasteiger partial charge in [0.2, 0.25) is 0 Å². The van der Waals surface area contributed by atoms with Gasteiger partial charge in [0, 0.05) is 11.0 Å². The number of aryl methyl sites for hydroxylation is 1. The summed E-state index contributed by atoms with van der Waals surface area (Å²) >= 11 is 0. The Balaban J connectivity index is 2.44. The van der Waals surface area contributed by atoms with Gasteiger partial charge in [-0.2, -0.15) is 0 Å². The van der Waals surface area contributed by atoms with Crippen LogP contribution in [0.4, 0.5) is 0 Å². The number of benzene rings is 1. The second-order valence-electron chi connectivity index (χ2n) is 4.73. The van der Waals surface area contributed by atoms with Crippen molar-refractivity contribution in [2.75, 3.05) is 0 Å². The molecule has 1 aromatic carbocycles. The predicted molar refractivity (Wildman–Crippen MR) is 63.2 cm³/mol. The van der Waals surface area contributed by atoms with Crippen molar-refractivity contribution in [1.82, 2.24) is 0 Å². The lowest BCUT2D eigenvalue weighted by molar-refractivity contribution is 0.430. The van der Waals surface area contributed by atoms with Crippen LogP contribution in [0.1, 0.15) is 37.3 Å². The largest absolute Gasteiger partial charge is 0.508 e. The molecule has 0 saturated heterocycles. The molecule has 1 nitrogen and oxygen atoms in total. The van der Waals surface area contributed by atoms with Crippen LogP contribution in [0.5, 0.6) is 5.75 Å². The Morgan fingerprint density at radius 3 is 2.73 bits per heavy atom. The first kappa shape index (κ1) is 10.3. The SMILES string of the molecule is Cc1ccc(C2(C)C=CCCC2)c(O)c1. The highest BCUT2D eigenvalue weighted by Crippen LogP contribution is 2.39. The molecule has 1 heteroatoms. The number of rotatable bonds is 1. The molecule has 0 radical (unpaired) electrons. The number of aromatic hydroxyl groups is 1. The summed E-state index contributed by atoms with van der Waals surface area (Å²) in [5.41, 5.74) is 2.19. The van der Waals surface area contributed by atoms with Crippen molar-refractivity contribution in [3.63, 3.8) is 0 Å². The molecule has 1 atom stereocenters. The average molecular weight is 202 g/mol. The van der Waals surface area contributed by atoms with Gasteiger partial charge in [-0.1, -0.05) is 31.2 Å². The van der Waals surface area contributed by atoms with E-state index in [1.165, 1.54) is 12.8 Å². The smallest absolute Gasteiger partial charge is 0.119 e. The number of allylic oxidation sites excluding steroid dienone is 2. The first-order valence-electron chi connectivity index (χ1n) is 5.60. The van der Waals surface area contributed by atoms with Gasteiger partial charge in [0.15, 0.2) is 0 Å². The highest BCUT2D eigenvalue weighted by molar-refractivity contribution is 5.43. The zero-order chi connectivity index (χ0) is 10.9. The molecular formula is C14H18O. The van der Waals surface area contributed by atoms with Crippen molar-refractivity contribution in [3.05, 3.63) is 41.5 Å². The van der Waals surface area contributed by atoms with Crippen LogP contribution >= 0.6 is 0 Å². The molecule has 15 heavy (non-hydrogen) atoms. The van der Waals surface area contributed by atoms with E-state index in [2.05, 4.69) is 31.2 Å². The quantitative estimate of drug-likeness (QED) is 0.688. The third-order valence-electron chi connectivity index (χ3n) is 3.32. The van der Waals surface area contributed by atoms with E-state index in [0.717, 1.165) is 17.5 Å². The molecule has 80 valence electrons. The summed E-state index contributed by atoms with van der Waals surface area (Å²) < 4.78 is 0. The fraction of sp³-hybridized carbons (Fsp3) is 0.429. The van der Waals surface area contributed by atoms with Gasteiger partial charge in [0.25, 0.3) is 0 Å². The molecule has 1 aliphatic rings. The normalized spacial score (nSPS) is 25.5. The summed E-state index contributed by atoms with van der Waals surface area (Å²) in [6.07, 6.45) is 7.96. The van der Waals surface area contributed by atoms with Crippen LogP contribution in [0.3, 0.4) is 0 Å². The topological polar surface area (TPSA) is 20.2 Å². The Hall–Kier alpha value is -1.24. The molecule has 0 saturated carbocycles. The number of hydrogen-bond donors (Lipinski definition) is 1. The van der Waals surface area contributed by atoms with E-state index < -0.39 is 0 Å². The number of phenols is 1. The van der Waals surface area contributed by atoms with E-state index in [1.807, 2.05) is 13.0 Å². The second kappa shape index (κ2) is 3.73. The Morgan fingerprint density at radius 2 is 2.13 bits per heavy atom. The molecule has 0 heterocycles. The van der Waals surface area contributed by atoms with Crippen molar-refractivity contribution in [2.24, 2.45) is 0 Å². The van der Waals surface area contributed by atoms with Gasteiger partial charge in [-0.3, -0.25) is 0 Å². The van der Waals surface area contributed by atoms with E-state index in [-0.39, 0.29) is 5.41 Å². The zero-order valence-electron chi connectivity index (χ0n) is 9.46. The summed E-state index contributed by atoms with van der Waals surface area (Å²) in [5.74, 6) is 0.434. The molecule has 0 fully saturated rings. The highest BCUT2D eigenvalue weighted by atomic mass is 16.3. The molecule has 0 spiro atoms. The molecule has 1 aliphatic carbocycles. The molecule has 0 bridgehead atoms. The minimum Gasteiger partial charge on any atom is -0.508 e. The Labute approximate surface area is 91.4 Å². The summed E-state index contributed by atoms with van der Waals surface area (Å²) in [4.78, 5) is 0. The van der Waals surface area contributed by atoms with Crippen LogP contribution in [0.15, 0.2) is 30.4 Å². The van der Waals surface area contributed by atoms with Crippen molar-refractivity contribution in [2.45, 2.75) is 38.5 Å². The Bertz CT molecular complexity index is 392. The van der Waals surface area contributed by atoms with Crippen LogP contribution in [-0.4, -0.2) is 5.11 Å². The minimum absolute atomic E-state index is 0.0238. The Morgan fingerprint density at radius 1 is 1.33 bits per heavy atom. The third kappa shape index (κ3) is 1.92. The van der Waals surface area contributed by atoms with Gasteiger partial charge >= 0.3 is 0 Å². The van der Waals surface area contributed by atoms with Gasteiger partial charge in [-0.05, 0) is 37.8 Å². The molecule has 1 aromatic rings. The zero-order valence-corrected chi connectivity index (χ0v) is 9.46. The van der Waals surface area contributed by atoms with Crippen LogP contribution < -0.4 is 0 Å². The van der Waals surface area contributed by atoms with Crippen LogP contribution in [0.2, 0.25) is 0 Å². The van der Waals surface area contributed by atoms with E-state index >= 15 is 0 Å². The van der Waals surface area contributed by atoms with E-state index in [0.29, 0.717) is 5.75 Å². The maximum atomic E-state index is 9.97. The standard InChI is InChI=1S/C14H18O/c1-11-6-7-12(13(15)10-11)14(2)8-4-3-5-9-14/h4,6-8,10,15H,3,5,9H2,1-2H3. The van der Waals surface area contributed by atoms with Gasteiger partial charge < -0.3 is 5.11 Å². The minimum atomic E-state index is 0.0238. The summed E-state index contributed by atoms with van der Waals surface area (Å²) in [7, 11) is 0. The fourth-order valence-corrected chi connectivity index (χ4v) is 2.36. The molecule has 0 amide bonds. The third-order valence-corrected chi connectivity index (χ3v) is 3.32. The van der Waals surface area contributed by atoms with Crippen LogP contribution in [0, 0.1) is 6.92 Å². The molecule has 0 aliphatic heterocycles. The molecular weight excluding hydrogens is 184 g/mol. The van der Waals surface area contributed by atoms with Gasteiger partial charge in [0.1, 0.15) is 5.75 Å². The molecule has 1 unspecified atom stereocenters. The summed E-state index contributed by atoms with van der Waals surface area (Å²) in [6.45, 7) is 4.20. The lowest BCUT2D eigenvalue weighted by Gasteiger charge is -2.30. The van der Waals surface area contributed by atoms with E-state index in [9.17, 15) is 5.11 Å². The van der Waals surface area contributed by atoms with Crippen molar-refractivity contribution in [3.8, 4) is 5.75 Å². The molecule has 1 N–H and O–H groups in total. The summed E-state index contributed by atoms with van der Waals surface area (Å²) in [5, 5.41) is 9.97. The number of hydrogen-bond acceptors (Lipinski definition) is 1. The monoisotopic (exact) mass is 202 g/mol. The maximum absolute atomic E-state index is 9.97. The first-order valence-corrected chi connectivity index (χ1v) is 5.60. The lowest BCUT2D eigenvalue weighted by atomic mass is 9.75. The Kier molecular flexibility index (Phi) is 2.56. The van der Waals surface area contributed by atoms with Crippen molar-refractivity contribution in [1.29, 1.82) is 0 Å². The highest BCUT2D eigenvalue weighted by Gasteiger charge is 2.27. The lowest BCUT2D eigenvalue weighted by Crippen LogP contribution is -2.21. The first-order chi connectivity index (χ1) is 7.12. The van der Waals surface area contributed by atoms with E-state index in [1.54, 1.807) is 0 Å². The summed E-state index contributed by atoms with van der Waals surface area (Å²) in [6, 6.07) is 5.98. The van der Waals surface area contributed by atoms with Gasteiger partial charge in [-0.15, -0.1) is 0 Å². The second-order valence-corrected chi connectivity index (χ2v) is 4.73. The number of phenolic OH excluding ortho intramolecular Hbond substituents is 1. The maximum Gasteiger partial charge on any atom is 0.119 e. The van der Waals surface area contributed by atoms with Gasteiger partial charge in [-0.25, -0.2) is 0 Å². The van der Waals surface area contributed by atoms with Crippen LogP contribution in [0.25, 0.3) is 0 Å². The van der Waals surface area contributed by atoms with Gasteiger partial charge in [0.05, 0.1) is 0 Å². The van der Waals surface area contributed by atoms with Crippen LogP contribution in [-0.2, 0) is 5.41 Å². The van der Waals surface area contributed by atoms with Crippen molar-refractivity contribution < 1.29 is 5.11 Å². The fourth-order valence-electron chi connectivity index (χ4n) is 2.36. The van der Waals surface area contributed by atoms with E-state index in [4.69, 9.17) is 0 Å². The van der Waals surface area contributed by atoms with Crippen molar-refractivity contribution >= 4 is 0 Å². The predicted octanol–water partition coefficient (Wildman–Crippen LogP) is 3.70. The molecule has 2 rings (SSSR count). The molecule has 0 aromatic heterocycles.